The highest BCUT2D eigenvalue weighted by molar-refractivity contribution is 7.89. The maximum absolute atomic E-state index is 12.9. The number of rotatable bonds is 15. The zero-order chi connectivity index (χ0) is 26.0. The molecule has 0 saturated carbocycles. The summed E-state index contributed by atoms with van der Waals surface area (Å²) in [4.78, 5) is 2.38. The van der Waals surface area contributed by atoms with Crippen molar-refractivity contribution in [2.75, 3.05) is 73.5 Å². The lowest BCUT2D eigenvalue weighted by molar-refractivity contribution is 0.00445. The zero-order valence-corrected chi connectivity index (χ0v) is 23.0. The second kappa shape index (κ2) is 14.6. The van der Waals surface area contributed by atoms with Crippen molar-refractivity contribution in [1.82, 2.24) is 9.62 Å². The fourth-order valence-corrected chi connectivity index (χ4v) is 5.68. The highest BCUT2D eigenvalue weighted by Gasteiger charge is 2.28. The molecule has 0 saturated heterocycles. The third-order valence-electron chi connectivity index (χ3n) is 5.78. The quantitative estimate of drug-likeness (QED) is 0.333. The largest absolute Gasteiger partial charge is 0.382 e. The zero-order valence-electron chi connectivity index (χ0n) is 20.7. The highest BCUT2D eigenvalue weighted by Crippen LogP contribution is 2.38. The Labute approximate surface area is 223 Å². The molecule has 200 valence electrons. The minimum absolute atomic E-state index is 0.0428. The molecule has 0 aliphatic carbocycles. The number of ether oxygens (including phenoxy) is 4. The van der Waals surface area contributed by atoms with Crippen LogP contribution in [0.3, 0.4) is 0 Å². The lowest BCUT2D eigenvalue weighted by Gasteiger charge is -2.33. The molecule has 1 aliphatic heterocycles. The van der Waals surface area contributed by atoms with E-state index in [2.05, 4.69) is 9.62 Å². The Morgan fingerprint density at radius 2 is 1.64 bits per heavy atom. The SMILES string of the molecule is COCCOCCOCCOCCNS(=O)(=O)c1cccc(C2CN(C)Cc3c(Cl)cc(Cl)cc32)c1. The topological polar surface area (TPSA) is 86.3 Å². The van der Waals surface area contributed by atoms with Gasteiger partial charge in [-0.15, -0.1) is 0 Å². The van der Waals surface area contributed by atoms with Crippen LogP contribution in [0.4, 0.5) is 0 Å². The smallest absolute Gasteiger partial charge is 0.240 e. The summed E-state index contributed by atoms with van der Waals surface area (Å²) in [6, 6.07) is 10.7. The van der Waals surface area contributed by atoms with E-state index in [-0.39, 0.29) is 24.0 Å². The van der Waals surface area contributed by atoms with Gasteiger partial charge >= 0.3 is 0 Å². The van der Waals surface area contributed by atoms with Crippen LogP contribution in [0.1, 0.15) is 22.6 Å². The molecule has 3 rings (SSSR count). The van der Waals surface area contributed by atoms with Crippen molar-refractivity contribution in [1.29, 1.82) is 0 Å². The maximum atomic E-state index is 12.9. The molecule has 0 aromatic heterocycles. The summed E-state index contributed by atoms with van der Waals surface area (Å²) < 4.78 is 49.5. The number of methoxy groups -OCH3 is 1. The van der Waals surface area contributed by atoms with E-state index in [4.69, 9.17) is 42.1 Å². The molecule has 0 amide bonds. The molecular formula is C25H34Cl2N2O6S. The summed E-state index contributed by atoms with van der Waals surface area (Å²) in [5, 5.41) is 1.19. The van der Waals surface area contributed by atoms with Crippen LogP contribution in [-0.4, -0.2) is 86.8 Å². The van der Waals surface area contributed by atoms with Gasteiger partial charge in [-0.25, -0.2) is 13.1 Å². The predicted molar refractivity (Wildman–Crippen MR) is 141 cm³/mol. The Morgan fingerprint density at radius 1 is 0.972 bits per heavy atom. The van der Waals surface area contributed by atoms with Gasteiger partial charge in [-0.1, -0.05) is 35.3 Å². The number of hydrogen-bond donors (Lipinski definition) is 1. The van der Waals surface area contributed by atoms with Crippen molar-refractivity contribution in [3.05, 3.63) is 63.1 Å². The Morgan fingerprint density at radius 3 is 2.33 bits per heavy atom. The predicted octanol–water partition coefficient (Wildman–Crippen LogP) is 3.55. The number of benzene rings is 2. The first-order valence-corrected chi connectivity index (χ1v) is 14.0. The molecule has 0 spiro atoms. The highest BCUT2D eigenvalue weighted by atomic mass is 35.5. The molecular weight excluding hydrogens is 527 g/mol. The average molecular weight is 562 g/mol. The van der Waals surface area contributed by atoms with E-state index in [1.54, 1.807) is 31.4 Å². The first-order valence-electron chi connectivity index (χ1n) is 11.8. The van der Waals surface area contributed by atoms with E-state index in [0.29, 0.717) is 56.2 Å². The summed E-state index contributed by atoms with van der Waals surface area (Å²) in [7, 11) is -0.0539. The van der Waals surface area contributed by atoms with Gasteiger partial charge in [-0.05, 0) is 48.0 Å². The summed E-state index contributed by atoms with van der Waals surface area (Å²) in [6.07, 6.45) is 0. The summed E-state index contributed by atoms with van der Waals surface area (Å²) in [5.74, 6) is -0.0428. The van der Waals surface area contributed by atoms with Crippen LogP contribution in [-0.2, 0) is 35.5 Å². The normalized spacial score (nSPS) is 16.3. The fourth-order valence-electron chi connectivity index (χ4n) is 4.04. The molecule has 36 heavy (non-hydrogen) atoms. The van der Waals surface area contributed by atoms with E-state index in [0.717, 1.165) is 23.2 Å². The molecule has 0 fully saturated rings. The number of likely N-dealkylation sites (N-methyl/N-ethyl adjacent to an activating group) is 1. The van der Waals surface area contributed by atoms with Gasteiger partial charge in [0.1, 0.15) is 0 Å². The number of halogens is 2. The van der Waals surface area contributed by atoms with E-state index >= 15 is 0 Å². The Hall–Kier alpha value is -1.27. The molecule has 8 nitrogen and oxygen atoms in total. The van der Waals surface area contributed by atoms with Gasteiger partial charge in [0, 0.05) is 42.7 Å². The number of fused-ring (bicyclic) bond motifs is 1. The second-order valence-electron chi connectivity index (χ2n) is 8.50. The lowest BCUT2D eigenvalue weighted by Crippen LogP contribution is -2.31. The van der Waals surface area contributed by atoms with Crippen molar-refractivity contribution < 1.29 is 27.4 Å². The Bertz CT molecular complexity index is 1090. The minimum Gasteiger partial charge on any atom is -0.382 e. The van der Waals surface area contributed by atoms with Gasteiger partial charge in [0.25, 0.3) is 0 Å². The molecule has 2 aromatic carbocycles. The standard InChI is InChI=1S/C25H34Cl2N2O6S/c1-29-17-23(22-15-20(26)16-25(27)24(22)18-29)19-4-3-5-21(14-19)36(30,31)28-6-7-33-10-11-35-13-12-34-9-8-32-2/h3-5,14-16,23,28H,6-13,17-18H2,1-2H3. The van der Waals surface area contributed by atoms with E-state index in [9.17, 15) is 8.42 Å². The number of sulfonamides is 1. The number of nitrogens with one attached hydrogen (secondary N) is 1. The number of hydrogen-bond acceptors (Lipinski definition) is 7. The average Bonchev–Trinajstić information content (AvgIpc) is 2.85. The second-order valence-corrected chi connectivity index (χ2v) is 11.1. The fraction of sp³-hybridized carbons (Fsp3) is 0.520. The molecule has 2 aromatic rings. The van der Waals surface area contributed by atoms with Crippen LogP contribution in [0.25, 0.3) is 0 Å². The van der Waals surface area contributed by atoms with Gasteiger partial charge in [-0.2, -0.15) is 0 Å². The van der Waals surface area contributed by atoms with E-state index in [1.807, 2.05) is 19.2 Å². The van der Waals surface area contributed by atoms with Crippen molar-refractivity contribution in [3.63, 3.8) is 0 Å². The molecule has 1 aliphatic rings. The van der Waals surface area contributed by atoms with Crippen molar-refractivity contribution in [2.24, 2.45) is 0 Å². The molecule has 1 unspecified atom stereocenters. The van der Waals surface area contributed by atoms with Crippen LogP contribution in [0.5, 0.6) is 0 Å². The Balaban J connectivity index is 1.50. The van der Waals surface area contributed by atoms with Gasteiger partial charge in [0.15, 0.2) is 0 Å². The third kappa shape index (κ3) is 8.65. The van der Waals surface area contributed by atoms with Crippen molar-refractivity contribution in [2.45, 2.75) is 17.4 Å². The van der Waals surface area contributed by atoms with Gasteiger partial charge in [-0.3, -0.25) is 0 Å². The van der Waals surface area contributed by atoms with Gasteiger partial charge < -0.3 is 23.8 Å². The minimum atomic E-state index is -3.69. The van der Waals surface area contributed by atoms with Crippen LogP contribution >= 0.6 is 23.2 Å². The van der Waals surface area contributed by atoms with Crippen LogP contribution < -0.4 is 4.72 Å². The summed E-state index contributed by atoms with van der Waals surface area (Å²) >= 11 is 12.7. The molecule has 1 heterocycles. The van der Waals surface area contributed by atoms with Crippen LogP contribution in [0.15, 0.2) is 41.3 Å². The van der Waals surface area contributed by atoms with Gasteiger partial charge in [0.2, 0.25) is 10.0 Å². The summed E-state index contributed by atoms with van der Waals surface area (Å²) in [6.45, 7) is 4.68. The van der Waals surface area contributed by atoms with E-state index in [1.165, 1.54) is 0 Å². The first-order chi connectivity index (χ1) is 17.3. The molecule has 0 radical (unpaired) electrons. The first kappa shape index (κ1) is 29.3. The number of nitrogens with zero attached hydrogens (tertiary/aromatic N) is 1. The van der Waals surface area contributed by atoms with Crippen molar-refractivity contribution in [3.8, 4) is 0 Å². The lowest BCUT2D eigenvalue weighted by atomic mass is 9.85. The van der Waals surface area contributed by atoms with E-state index < -0.39 is 10.0 Å². The maximum Gasteiger partial charge on any atom is 0.240 e. The summed E-state index contributed by atoms with van der Waals surface area (Å²) in [5.41, 5.74) is 2.94. The van der Waals surface area contributed by atoms with Gasteiger partial charge in [0.05, 0.1) is 51.1 Å². The third-order valence-corrected chi connectivity index (χ3v) is 7.79. The molecule has 1 N–H and O–H groups in total. The monoisotopic (exact) mass is 560 g/mol. The molecule has 0 bridgehead atoms. The van der Waals surface area contributed by atoms with Crippen LogP contribution in [0.2, 0.25) is 10.0 Å². The van der Waals surface area contributed by atoms with Crippen LogP contribution in [0, 0.1) is 0 Å². The molecule has 11 heteroatoms. The Kier molecular flexibility index (Phi) is 11.9. The van der Waals surface area contributed by atoms with Crippen molar-refractivity contribution >= 4 is 33.2 Å². The molecule has 1 atom stereocenters.